The number of nitrogens with one attached hydrogen (secondary N) is 2. The molecule has 5 heteroatoms. The molecule has 0 saturated carbocycles. The lowest BCUT2D eigenvalue weighted by atomic mass is 10.2. The second-order valence-electron chi connectivity index (χ2n) is 3.86. The van der Waals surface area contributed by atoms with Gasteiger partial charge in [-0.15, -0.1) is 0 Å². The van der Waals surface area contributed by atoms with Crippen molar-refractivity contribution in [1.82, 2.24) is 10.5 Å². The standard InChI is InChI=1S/C11H19N3O2/c1-5-6-12-8(3)11(15)13-10-7(2)14-16-9(10)4/h8,12H,5-6H2,1-4H3,(H,13,15). The van der Waals surface area contributed by atoms with Crippen molar-refractivity contribution in [2.24, 2.45) is 0 Å². The lowest BCUT2D eigenvalue weighted by Crippen LogP contribution is -2.38. The Hall–Kier alpha value is -1.36. The normalized spacial score (nSPS) is 12.5. The van der Waals surface area contributed by atoms with Crippen LogP contribution in [0.15, 0.2) is 4.52 Å². The molecule has 5 nitrogen and oxygen atoms in total. The molecule has 90 valence electrons. The van der Waals surface area contributed by atoms with Crippen LogP contribution < -0.4 is 10.6 Å². The Morgan fingerprint density at radius 3 is 2.69 bits per heavy atom. The second-order valence-corrected chi connectivity index (χ2v) is 3.86. The molecule has 1 aromatic rings. The first-order valence-electron chi connectivity index (χ1n) is 5.53. The van der Waals surface area contributed by atoms with Crippen molar-refractivity contribution in [3.8, 4) is 0 Å². The molecule has 0 saturated heterocycles. The van der Waals surface area contributed by atoms with Gasteiger partial charge in [0, 0.05) is 0 Å². The van der Waals surface area contributed by atoms with Gasteiger partial charge in [-0.1, -0.05) is 12.1 Å². The zero-order valence-corrected chi connectivity index (χ0v) is 10.3. The van der Waals surface area contributed by atoms with Crippen LogP contribution in [-0.2, 0) is 4.79 Å². The van der Waals surface area contributed by atoms with Gasteiger partial charge >= 0.3 is 0 Å². The summed E-state index contributed by atoms with van der Waals surface area (Å²) in [6.07, 6.45) is 1.00. The molecule has 0 aromatic carbocycles. The van der Waals surface area contributed by atoms with Gasteiger partial charge in [-0.2, -0.15) is 0 Å². The third kappa shape index (κ3) is 3.06. The average molecular weight is 225 g/mol. The van der Waals surface area contributed by atoms with E-state index in [1.54, 1.807) is 13.8 Å². The molecule has 1 rings (SSSR count). The summed E-state index contributed by atoms with van der Waals surface area (Å²) in [7, 11) is 0. The largest absolute Gasteiger partial charge is 0.359 e. The third-order valence-electron chi connectivity index (χ3n) is 2.38. The number of carbonyl (C=O) groups is 1. The van der Waals surface area contributed by atoms with Crippen LogP contribution >= 0.6 is 0 Å². The summed E-state index contributed by atoms with van der Waals surface area (Å²) in [6.45, 7) is 8.31. The van der Waals surface area contributed by atoms with Crippen molar-refractivity contribution >= 4 is 11.6 Å². The van der Waals surface area contributed by atoms with E-state index < -0.39 is 0 Å². The molecule has 1 atom stereocenters. The van der Waals surface area contributed by atoms with Crippen LogP contribution in [0.1, 0.15) is 31.7 Å². The third-order valence-corrected chi connectivity index (χ3v) is 2.38. The van der Waals surface area contributed by atoms with Crippen molar-refractivity contribution in [2.45, 2.75) is 40.2 Å². The first-order valence-corrected chi connectivity index (χ1v) is 5.53. The second kappa shape index (κ2) is 5.65. The summed E-state index contributed by atoms with van der Waals surface area (Å²) in [5.41, 5.74) is 1.38. The molecule has 2 N–H and O–H groups in total. The maximum absolute atomic E-state index is 11.8. The zero-order valence-electron chi connectivity index (χ0n) is 10.3. The minimum Gasteiger partial charge on any atom is -0.359 e. The molecule has 16 heavy (non-hydrogen) atoms. The van der Waals surface area contributed by atoms with E-state index in [1.807, 2.05) is 6.92 Å². The van der Waals surface area contributed by atoms with Crippen LogP contribution in [0.25, 0.3) is 0 Å². The Bertz CT molecular complexity index is 341. The highest BCUT2D eigenvalue weighted by Crippen LogP contribution is 2.18. The number of carbonyl (C=O) groups excluding carboxylic acids is 1. The van der Waals surface area contributed by atoms with Crippen LogP contribution in [0, 0.1) is 13.8 Å². The summed E-state index contributed by atoms with van der Waals surface area (Å²) in [4.78, 5) is 11.8. The predicted octanol–water partition coefficient (Wildman–Crippen LogP) is 1.62. The minimum absolute atomic E-state index is 0.0668. The van der Waals surface area contributed by atoms with Gasteiger partial charge in [0.2, 0.25) is 5.91 Å². The molecule has 0 radical (unpaired) electrons. The van der Waals surface area contributed by atoms with Gasteiger partial charge in [-0.3, -0.25) is 4.79 Å². The topological polar surface area (TPSA) is 67.2 Å². The molecule has 1 aromatic heterocycles. The van der Waals surface area contributed by atoms with Gasteiger partial charge in [0.15, 0.2) is 5.76 Å². The van der Waals surface area contributed by atoms with Gasteiger partial charge in [0.25, 0.3) is 0 Å². The van der Waals surface area contributed by atoms with Gasteiger partial charge < -0.3 is 15.2 Å². The molecular weight excluding hydrogens is 206 g/mol. The number of anilines is 1. The van der Waals surface area contributed by atoms with Gasteiger partial charge in [0.05, 0.1) is 6.04 Å². The summed E-state index contributed by atoms with van der Waals surface area (Å²) in [5, 5.41) is 9.71. The molecule has 0 aliphatic rings. The summed E-state index contributed by atoms with van der Waals surface area (Å²) in [6, 6.07) is -0.214. The maximum atomic E-state index is 11.8. The van der Waals surface area contributed by atoms with Crippen LogP contribution in [0.4, 0.5) is 5.69 Å². The Morgan fingerprint density at radius 1 is 1.50 bits per heavy atom. The minimum atomic E-state index is -0.214. The number of rotatable bonds is 5. The monoisotopic (exact) mass is 225 g/mol. The Kier molecular flexibility index (Phi) is 4.49. The van der Waals surface area contributed by atoms with E-state index in [4.69, 9.17) is 4.52 Å². The Labute approximate surface area is 95.6 Å². The van der Waals surface area contributed by atoms with Crippen LogP contribution in [0.5, 0.6) is 0 Å². The van der Waals surface area contributed by atoms with E-state index in [-0.39, 0.29) is 11.9 Å². The number of aromatic nitrogens is 1. The van der Waals surface area contributed by atoms with Crippen molar-refractivity contribution in [3.63, 3.8) is 0 Å². The van der Waals surface area contributed by atoms with E-state index in [1.165, 1.54) is 0 Å². The van der Waals surface area contributed by atoms with Crippen molar-refractivity contribution in [2.75, 3.05) is 11.9 Å². The van der Waals surface area contributed by atoms with E-state index in [0.29, 0.717) is 17.1 Å². The quantitative estimate of drug-likeness (QED) is 0.799. The van der Waals surface area contributed by atoms with E-state index >= 15 is 0 Å². The molecule has 0 bridgehead atoms. The molecule has 1 unspecified atom stereocenters. The summed E-state index contributed by atoms with van der Waals surface area (Å²) >= 11 is 0. The molecule has 0 fully saturated rings. The van der Waals surface area contributed by atoms with Crippen molar-refractivity contribution in [3.05, 3.63) is 11.5 Å². The molecular formula is C11H19N3O2. The summed E-state index contributed by atoms with van der Waals surface area (Å²) < 4.78 is 4.97. The molecule has 0 aliphatic heterocycles. The Balaban J connectivity index is 2.57. The first kappa shape index (κ1) is 12.7. The van der Waals surface area contributed by atoms with Crippen LogP contribution in [0.3, 0.4) is 0 Å². The fourth-order valence-corrected chi connectivity index (χ4v) is 1.35. The Morgan fingerprint density at radius 2 is 2.19 bits per heavy atom. The number of hydrogen-bond donors (Lipinski definition) is 2. The number of aryl methyl sites for hydroxylation is 2. The fraction of sp³-hybridized carbons (Fsp3) is 0.636. The lowest BCUT2D eigenvalue weighted by molar-refractivity contribution is -0.117. The van der Waals surface area contributed by atoms with Gasteiger partial charge in [-0.05, 0) is 33.7 Å². The highest BCUT2D eigenvalue weighted by Gasteiger charge is 2.16. The van der Waals surface area contributed by atoms with Crippen molar-refractivity contribution < 1.29 is 9.32 Å². The van der Waals surface area contributed by atoms with E-state index in [9.17, 15) is 4.79 Å². The fourth-order valence-electron chi connectivity index (χ4n) is 1.35. The number of amides is 1. The maximum Gasteiger partial charge on any atom is 0.241 e. The highest BCUT2D eigenvalue weighted by atomic mass is 16.5. The lowest BCUT2D eigenvalue weighted by Gasteiger charge is -2.12. The molecule has 0 spiro atoms. The summed E-state index contributed by atoms with van der Waals surface area (Å²) in [5.74, 6) is 0.566. The highest BCUT2D eigenvalue weighted by molar-refractivity contribution is 5.95. The average Bonchev–Trinajstić information content (AvgIpc) is 2.57. The van der Waals surface area contributed by atoms with Gasteiger partial charge in [0.1, 0.15) is 11.4 Å². The zero-order chi connectivity index (χ0) is 12.1. The first-order chi connectivity index (χ1) is 7.56. The van der Waals surface area contributed by atoms with Crippen LogP contribution in [-0.4, -0.2) is 23.7 Å². The molecule has 1 heterocycles. The van der Waals surface area contributed by atoms with E-state index in [0.717, 1.165) is 13.0 Å². The predicted molar refractivity (Wildman–Crippen MR) is 62.4 cm³/mol. The number of nitrogens with zero attached hydrogens (tertiary/aromatic N) is 1. The van der Waals surface area contributed by atoms with E-state index in [2.05, 4.69) is 22.7 Å². The molecule has 0 aliphatic carbocycles. The SMILES string of the molecule is CCCNC(C)C(=O)Nc1c(C)noc1C. The molecule has 1 amide bonds. The number of hydrogen-bond acceptors (Lipinski definition) is 4. The van der Waals surface area contributed by atoms with Gasteiger partial charge in [-0.25, -0.2) is 0 Å². The van der Waals surface area contributed by atoms with Crippen LogP contribution in [0.2, 0.25) is 0 Å². The smallest absolute Gasteiger partial charge is 0.241 e. The van der Waals surface area contributed by atoms with Crippen molar-refractivity contribution in [1.29, 1.82) is 0 Å².